The standard InChI is InChI=1S/C23H29ClN4O2/c24-22-20(16-25-28(23(22)30)17-19-9-5-2-6-10-19)26-11-13-27(14-12-26)21(29)15-18-7-3-1-4-8-18/h2,5-6,9-10,16,18H,1,3-4,7-8,11-15,17H2. The van der Waals surface area contributed by atoms with Crippen molar-refractivity contribution in [1.29, 1.82) is 0 Å². The smallest absolute Gasteiger partial charge is 0.287 e. The molecule has 160 valence electrons. The van der Waals surface area contributed by atoms with Crippen LogP contribution in [0.2, 0.25) is 5.02 Å². The van der Waals surface area contributed by atoms with Gasteiger partial charge in [-0.15, -0.1) is 0 Å². The summed E-state index contributed by atoms with van der Waals surface area (Å²) in [5.74, 6) is 0.823. The largest absolute Gasteiger partial charge is 0.365 e. The zero-order chi connectivity index (χ0) is 20.9. The summed E-state index contributed by atoms with van der Waals surface area (Å²) in [7, 11) is 0. The number of aromatic nitrogens is 2. The Kier molecular flexibility index (Phi) is 6.72. The molecule has 0 N–H and O–H groups in total. The van der Waals surface area contributed by atoms with Gasteiger partial charge in [0.25, 0.3) is 5.56 Å². The van der Waals surface area contributed by atoms with E-state index in [0.717, 1.165) is 5.56 Å². The van der Waals surface area contributed by atoms with E-state index in [1.807, 2.05) is 35.2 Å². The van der Waals surface area contributed by atoms with Crippen molar-refractivity contribution in [3.63, 3.8) is 0 Å². The van der Waals surface area contributed by atoms with Gasteiger partial charge in [-0.25, -0.2) is 4.68 Å². The van der Waals surface area contributed by atoms with Crippen LogP contribution in [-0.4, -0.2) is 46.8 Å². The van der Waals surface area contributed by atoms with Gasteiger partial charge < -0.3 is 9.80 Å². The van der Waals surface area contributed by atoms with Gasteiger partial charge in [0, 0.05) is 32.6 Å². The normalized spacial score (nSPS) is 17.9. The van der Waals surface area contributed by atoms with Gasteiger partial charge in [-0.05, 0) is 24.3 Å². The summed E-state index contributed by atoms with van der Waals surface area (Å²) in [4.78, 5) is 29.4. The van der Waals surface area contributed by atoms with Crippen molar-refractivity contribution >= 4 is 23.2 Å². The van der Waals surface area contributed by atoms with Crippen molar-refractivity contribution in [1.82, 2.24) is 14.7 Å². The minimum absolute atomic E-state index is 0.197. The van der Waals surface area contributed by atoms with Crippen LogP contribution in [0.25, 0.3) is 0 Å². The molecule has 0 radical (unpaired) electrons. The minimum atomic E-state index is -0.283. The molecule has 2 aliphatic rings. The van der Waals surface area contributed by atoms with E-state index in [4.69, 9.17) is 11.6 Å². The molecular formula is C23H29ClN4O2. The molecule has 1 saturated heterocycles. The third-order valence-electron chi connectivity index (χ3n) is 6.30. The maximum atomic E-state index is 12.7. The zero-order valence-corrected chi connectivity index (χ0v) is 18.1. The Bertz CT molecular complexity index is 917. The molecule has 0 atom stereocenters. The lowest BCUT2D eigenvalue weighted by Crippen LogP contribution is -2.49. The van der Waals surface area contributed by atoms with Crippen molar-refractivity contribution in [3.8, 4) is 0 Å². The van der Waals surface area contributed by atoms with Gasteiger partial charge in [0.2, 0.25) is 5.91 Å². The lowest BCUT2D eigenvalue weighted by Gasteiger charge is -2.37. The SMILES string of the molecule is O=C(CC1CCCCC1)N1CCN(c2cnn(Cc3ccccc3)c(=O)c2Cl)CC1. The van der Waals surface area contributed by atoms with Gasteiger partial charge in [0.05, 0.1) is 18.4 Å². The van der Waals surface area contributed by atoms with Crippen LogP contribution in [0.15, 0.2) is 41.3 Å². The van der Waals surface area contributed by atoms with E-state index >= 15 is 0 Å². The van der Waals surface area contributed by atoms with Crippen LogP contribution >= 0.6 is 11.6 Å². The summed E-state index contributed by atoms with van der Waals surface area (Å²) in [6.07, 6.45) is 8.55. The van der Waals surface area contributed by atoms with Gasteiger partial charge in [0.15, 0.2) is 0 Å². The fourth-order valence-electron chi connectivity index (χ4n) is 4.51. The monoisotopic (exact) mass is 428 g/mol. The number of anilines is 1. The molecule has 2 fully saturated rings. The predicted molar refractivity (Wildman–Crippen MR) is 119 cm³/mol. The fraction of sp³-hybridized carbons (Fsp3) is 0.522. The number of halogens is 1. The molecule has 1 amide bonds. The Balaban J connectivity index is 1.36. The Labute approximate surface area is 182 Å². The summed E-state index contributed by atoms with van der Waals surface area (Å²) >= 11 is 6.43. The number of amides is 1. The Morgan fingerprint density at radius 2 is 1.73 bits per heavy atom. The van der Waals surface area contributed by atoms with Crippen LogP contribution in [0.4, 0.5) is 5.69 Å². The Morgan fingerprint density at radius 1 is 1.03 bits per heavy atom. The first-order valence-electron chi connectivity index (χ1n) is 10.9. The highest BCUT2D eigenvalue weighted by molar-refractivity contribution is 6.33. The Hall–Kier alpha value is -2.34. The molecule has 0 spiro atoms. The van der Waals surface area contributed by atoms with Crippen molar-refractivity contribution in [2.45, 2.75) is 45.1 Å². The molecule has 4 rings (SSSR count). The van der Waals surface area contributed by atoms with Gasteiger partial charge in [-0.3, -0.25) is 9.59 Å². The molecule has 1 aliphatic heterocycles. The fourth-order valence-corrected chi connectivity index (χ4v) is 4.78. The third kappa shape index (κ3) is 4.86. The predicted octanol–water partition coefficient (Wildman–Crippen LogP) is 3.56. The van der Waals surface area contributed by atoms with Crippen LogP contribution < -0.4 is 10.5 Å². The van der Waals surface area contributed by atoms with E-state index < -0.39 is 0 Å². The first kappa shape index (κ1) is 20.9. The zero-order valence-electron chi connectivity index (χ0n) is 17.3. The maximum Gasteiger partial charge on any atom is 0.287 e. The van der Waals surface area contributed by atoms with Crippen LogP contribution in [0.1, 0.15) is 44.1 Å². The summed E-state index contributed by atoms with van der Waals surface area (Å²) in [5, 5.41) is 4.54. The molecular weight excluding hydrogens is 400 g/mol. The van der Waals surface area contributed by atoms with E-state index in [2.05, 4.69) is 10.00 Å². The molecule has 1 aliphatic carbocycles. The number of piperazine rings is 1. The number of rotatable bonds is 5. The van der Waals surface area contributed by atoms with E-state index in [1.54, 1.807) is 6.20 Å². The number of hydrogen-bond acceptors (Lipinski definition) is 4. The molecule has 2 aromatic rings. The average Bonchev–Trinajstić information content (AvgIpc) is 2.79. The van der Waals surface area contributed by atoms with Gasteiger partial charge in [-0.2, -0.15) is 5.10 Å². The average molecular weight is 429 g/mol. The summed E-state index contributed by atoms with van der Waals surface area (Å²) < 4.78 is 1.39. The number of hydrogen-bond donors (Lipinski definition) is 0. The van der Waals surface area contributed by atoms with Gasteiger partial charge in [-0.1, -0.05) is 61.2 Å². The summed E-state index contributed by atoms with van der Waals surface area (Å²) in [6, 6.07) is 9.73. The summed E-state index contributed by atoms with van der Waals surface area (Å²) in [6.45, 7) is 3.05. The van der Waals surface area contributed by atoms with Crippen molar-refractivity contribution in [3.05, 3.63) is 57.5 Å². The van der Waals surface area contributed by atoms with Crippen molar-refractivity contribution in [2.75, 3.05) is 31.1 Å². The number of benzene rings is 1. The van der Waals surface area contributed by atoms with Crippen LogP contribution in [-0.2, 0) is 11.3 Å². The lowest BCUT2D eigenvalue weighted by atomic mass is 9.86. The van der Waals surface area contributed by atoms with Crippen LogP contribution in [0, 0.1) is 5.92 Å². The lowest BCUT2D eigenvalue weighted by molar-refractivity contribution is -0.132. The Morgan fingerprint density at radius 3 is 2.43 bits per heavy atom. The molecule has 2 heterocycles. The second-order valence-electron chi connectivity index (χ2n) is 8.37. The van der Waals surface area contributed by atoms with Crippen LogP contribution in [0.3, 0.4) is 0 Å². The van der Waals surface area contributed by atoms with E-state index in [9.17, 15) is 9.59 Å². The number of carbonyl (C=O) groups excluding carboxylic acids is 1. The first-order valence-corrected chi connectivity index (χ1v) is 11.3. The molecule has 1 aromatic carbocycles. The second kappa shape index (κ2) is 9.65. The number of nitrogens with zero attached hydrogens (tertiary/aromatic N) is 4. The van der Waals surface area contributed by atoms with Gasteiger partial charge in [0.1, 0.15) is 5.02 Å². The first-order chi connectivity index (χ1) is 14.6. The quantitative estimate of drug-likeness (QED) is 0.730. The molecule has 30 heavy (non-hydrogen) atoms. The highest BCUT2D eigenvalue weighted by Gasteiger charge is 2.26. The molecule has 0 unspecified atom stereocenters. The van der Waals surface area contributed by atoms with Crippen LogP contribution in [0.5, 0.6) is 0 Å². The van der Waals surface area contributed by atoms with E-state index in [-0.39, 0.29) is 16.5 Å². The highest BCUT2D eigenvalue weighted by atomic mass is 35.5. The number of carbonyl (C=O) groups is 1. The summed E-state index contributed by atoms with van der Waals surface area (Å²) in [5.41, 5.74) is 1.38. The van der Waals surface area contributed by atoms with Crippen molar-refractivity contribution in [2.24, 2.45) is 5.92 Å². The topological polar surface area (TPSA) is 58.4 Å². The van der Waals surface area contributed by atoms with Gasteiger partial charge >= 0.3 is 0 Å². The van der Waals surface area contributed by atoms with Crippen molar-refractivity contribution < 1.29 is 4.79 Å². The third-order valence-corrected chi connectivity index (χ3v) is 6.66. The minimum Gasteiger partial charge on any atom is -0.365 e. The second-order valence-corrected chi connectivity index (χ2v) is 8.75. The molecule has 0 bridgehead atoms. The molecule has 7 heteroatoms. The molecule has 1 saturated carbocycles. The van der Waals surface area contributed by atoms with E-state index in [1.165, 1.54) is 36.8 Å². The maximum absolute atomic E-state index is 12.7. The molecule has 1 aromatic heterocycles. The van der Waals surface area contributed by atoms with E-state index in [0.29, 0.717) is 50.7 Å². The highest BCUT2D eigenvalue weighted by Crippen LogP contribution is 2.27. The molecule has 6 nitrogen and oxygen atoms in total.